The Balaban J connectivity index is 1.29. The molecule has 42 heavy (non-hydrogen) atoms. The second-order valence-corrected chi connectivity index (χ2v) is 10.5. The highest BCUT2D eigenvalue weighted by Gasteiger charge is 2.22. The molecule has 3 aromatic rings. The van der Waals surface area contributed by atoms with Gasteiger partial charge in [0.25, 0.3) is 0 Å². The van der Waals surface area contributed by atoms with Crippen molar-refractivity contribution in [1.29, 1.82) is 0 Å². The Kier molecular flexibility index (Phi) is 12.0. The van der Waals surface area contributed by atoms with E-state index in [-0.39, 0.29) is 18.7 Å². The molecule has 224 valence electrons. The molecule has 2 heterocycles. The third-order valence-electron chi connectivity index (χ3n) is 7.44. The maximum Gasteiger partial charge on any atom is 0.326 e. The molecule has 0 spiro atoms. The molecule has 1 aromatic heterocycles. The van der Waals surface area contributed by atoms with Crippen LogP contribution < -0.4 is 20.1 Å². The number of fused-ring (bicyclic) bond motifs is 1. The van der Waals surface area contributed by atoms with Crippen LogP contribution in [-0.2, 0) is 28.9 Å². The first kappa shape index (κ1) is 30.8. The van der Waals surface area contributed by atoms with Crippen molar-refractivity contribution in [2.45, 2.75) is 51.0 Å². The average Bonchev–Trinajstić information content (AvgIpc) is 3.01. The van der Waals surface area contributed by atoms with Crippen LogP contribution in [0.15, 0.2) is 66.7 Å². The summed E-state index contributed by atoms with van der Waals surface area (Å²) >= 11 is 0. The first-order valence-corrected chi connectivity index (χ1v) is 14.8. The number of benzene rings is 2. The number of nitrogens with one attached hydrogen (secondary N) is 2. The third-order valence-corrected chi connectivity index (χ3v) is 7.44. The number of amides is 1. The van der Waals surface area contributed by atoms with E-state index in [0.29, 0.717) is 31.0 Å². The third kappa shape index (κ3) is 9.76. The molecule has 0 saturated heterocycles. The van der Waals surface area contributed by atoms with E-state index in [1.165, 1.54) is 5.56 Å². The molecule has 0 saturated carbocycles. The van der Waals surface area contributed by atoms with Crippen molar-refractivity contribution in [3.63, 3.8) is 0 Å². The number of anilines is 1. The fraction of sp³-hybridized carbons (Fsp3) is 0.424. The van der Waals surface area contributed by atoms with Gasteiger partial charge >= 0.3 is 5.97 Å². The minimum absolute atomic E-state index is 0.0503. The van der Waals surface area contributed by atoms with E-state index in [0.717, 1.165) is 62.5 Å². The van der Waals surface area contributed by atoms with Crippen molar-refractivity contribution in [1.82, 2.24) is 15.2 Å². The Bertz CT molecular complexity index is 1290. The van der Waals surface area contributed by atoms with Gasteiger partial charge in [0.1, 0.15) is 30.0 Å². The quantitative estimate of drug-likeness (QED) is 0.204. The number of aliphatic carboxylic acids is 1. The molecule has 4 rings (SSSR count). The van der Waals surface area contributed by atoms with E-state index in [1.807, 2.05) is 42.5 Å². The van der Waals surface area contributed by atoms with Gasteiger partial charge in [-0.05, 0) is 74.9 Å². The minimum Gasteiger partial charge on any atom is -0.496 e. The van der Waals surface area contributed by atoms with Gasteiger partial charge in [-0.1, -0.05) is 42.5 Å². The molecule has 1 unspecified atom stereocenters. The number of hydrogen-bond donors (Lipinski definition) is 3. The highest BCUT2D eigenvalue weighted by Crippen LogP contribution is 2.21. The second-order valence-electron chi connectivity index (χ2n) is 10.5. The molecule has 9 nitrogen and oxygen atoms in total. The molecule has 1 aliphatic heterocycles. The van der Waals surface area contributed by atoms with Crippen molar-refractivity contribution < 1.29 is 24.2 Å². The topological polar surface area (TPSA) is 113 Å². The van der Waals surface area contributed by atoms with Gasteiger partial charge < -0.3 is 25.2 Å². The summed E-state index contributed by atoms with van der Waals surface area (Å²) in [5.74, 6) is 1.03. The van der Waals surface area contributed by atoms with Crippen LogP contribution >= 0.6 is 0 Å². The Morgan fingerprint density at radius 1 is 1.02 bits per heavy atom. The Morgan fingerprint density at radius 2 is 1.83 bits per heavy atom. The number of para-hydroxylation sites is 2. The maximum absolute atomic E-state index is 12.7. The van der Waals surface area contributed by atoms with E-state index in [1.54, 1.807) is 19.2 Å². The van der Waals surface area contributed by atoms with Gasteiger partial charge in [0.2, 0.25) is 5.91 Å². The predicted octanol–water partition coefficient (Wildman–Crippen LogP) is 4.35. The number of methoxy groups -OCH3 is 1. The molecule has 1 aliphatic rings. The number of hydrogen-bond acceptors (Lipinski definition) is 7. The molecular weight excluding hydrogens is 532 g/mol. The predicted molar refractivity (Wildman–Crippen MR) is 163 cm³/mol. The molecule has 3 N–H and O–H groups in total. The monoisotopic (exact) mass is 574 g/mol. The molecule has 1 amide bonds. The van der Waals surface area contributed by atoms with Crippen LogP contribution in [0.2, 0.25) is 0 Å². The molecule has 0 radical (unpaired) electrons. The van der Waals surface area contributed by atoms with Gasteiger partial charge in [-0.3, -0.25) is 9.69 Å². The minimum atomic E-state index is -1.05. The number of nitrogens with zero attached hydrogens (tertiary/aromatic N) is 2. The summed E-state index contributed by atoms with van der Waals surface area (Å²) in [6.45, 7) is 3.42. The van der Waals surface area contributed by atoms with E-state index >= 15 is 0 Å². The summed E-state index contributed by atoms with van der Waals surface area (Å²) in [5, 5.41) is 16.0. The summed E-state index contributed by atoms with van der Waals surface area (Å²) in [4.78, 5) is 31.8. The lowest BCUT2D eigenvalue weighted by molar-refractivity contribution is -0.142. The maximum atomic E-state index is 12.7. The molecule has 0 bridgehead atoms. The lowest BCUT2D eigenvalue weighted by atomic mass is 10.1. The summed E-state index contributed by atoms with van der Waals surface area (Å²) in [6.07, 6.45) is 5.36. The number of carboxylic acid groups (broad SMARTS) is 1. The van der Waals surface area contributed by atoms with Crippen LogP contribution in [0.3, 0.4) is 0 Å². The highest BCUT2D eigenvalue weighted by molar-refractivity contribution is 5.85. The number of carbonyl (C=O) groups is 2. The fourth-order valence-corrected chi connectivity index (χ4v) is 5.13. The number of carbonyl (C=O) groups excluding carboxylic acids is 1. The van der Waals surface area contributed by atoms with Gasteiger partial charge in [0.15, 0.2) is 0 Å². The molecule has 2 aromatic carbocycles. The van der Waals surface area contributed by atoms with Crippen molar-refractivity contribution in [3.05, 3.63) is 83.6 Å². The first-order chi connectivity index (χ1) is 20.5. The summed E-state index contributed by atoms with van der Waals surface area (Å²) in [7, 11) is 1.55. The second kappa shape index (κ2) is 16.4. The average molecular weight is 575 g/mol. The van der Waals surface area contributed by atoms with Gasteiger partial charge in [0.05, 0.1) is 13.5 Å². The van der Waals surface area contributed by atoms with E-state index in [9.17, 15) is 14.7 Å². The van der Waals surface area contributed by atoms with Gasteiger partial charge in [-0.2, -0.15) is 0 Å². The van der Waals surface area contributed by atoms with Crippen LogP contribution in [0.5, 0.6) is 11.5 Å². The Morgan fingerprint density at radius 3 is 2.64 bits per heavy atom. The molecule has 1 atom stereocenters. The largest absolute Gasteiger partial charge is 0.496 e. The van der Waals surface area contributed by atoms with Crippen LogP contribution in [0.1, 0.15) is 42.5 Å². The standard InChI is InChI=1S/C33H42N4O5/c1-41-30-15-6-5-10-26(30)24-31(38)36-29(33(39)40)18-21-37(22-23-42-28-13-3-2-4-14-28)20-8-7-12-27-17-16-25-11-9-19-34-32(25)35-27/h2-6,10,13-17,29H,7-9,11-12,18-24H2,1H3,(H,34,35)(H,36,38)(H,39,40). The summed E-state index contributed by atoms with van der Waals surface area (Å²) < 4.78 is 11.2. The van der Waals surface area contributed by atoms with Crippen LogP contribution in [0.4, 0.5) is 5.82 Å². The van der Waals surface area contributed by atoms with Crippen LogP contribution in [0.25, 0.3) is 0 Å². The molecule has 0 aliphatic carbocycles. The SMILES string of the molecule is COc1ccccc1CC(=O)NC(CCN(CCCCc1ccc2c(n1)NCCC2)CCOc1ccccc1)C(=O)O. The number of unbranched alkanes of at least 4 members (excludes halogenated alkanes) is 1. The number of pyridine rings is 1. The Hall–Kier alpha value is -4.11. The smallest absolute Gasteiger partial charge is 0.326 e. The molecule has 9 heteroatoms. The number of ether oxygens (including phenoxy) is 2. The van der Waals surface area contributed by atoms with Gasteiger partial charge in [-0.25, -0.2) is 9.78 Å². The zero-order valence-electron chi connectivity index (χ0n) is 24.4. The van der Waals surface area contributed by atoms with Crippen LogP contribution in [0, 0.1) is 0 Å². The van der Waals surface area contributed by atoms with E-state index < -0.39 is 12.0 Å². The first-order valence-electron chi connectivity index (χ1n) is 14.8. The number of aryl methyl sites for hydroxylation is 2. The summed E-state index contributed by atoms with van der Waals surface area (Å²) in [6, 6.07) is 20.2. The zero-order chi connectivity index (χ0) is 29.6. The van der Waals surface area contributed by atoms with Crippen molar-refractivity contribution in [2.75, 3.05) is 45.2 Å². The van der Waals surface area contributed by atoms with Crippen LogP contribution in [-0.4, -0.2) is 72.8 Å². The van der Waals surface area contributed by atoms with Crippen molar-refractivity contribution in [3.8, 4) is 11.5 Å². The van der Waals surface area contributed by atoms with Crippen molar-refractivity contribution >= 4 is 17.7 Å². The lowest BCUT2D eigenvalue weighted by Crippen LogP contribution is -2.44. The number of carboxylic acids is 1. The normalized spacial score (nSPS) is 13.1. The van der Waals surface area contributed by atoms with E-state index in [4.69, 9.17) is 14.5 Å². The van der Waals surface area contributed by atoms with Gasteiger partial charge in [0, 0.05) is 30.9 Å². The fourth-order valence-electron chi connectivity index (χ4n) is 5.13. The van der Waals surface area contributed by atoms with Gasteiger partial charge in [-0.15, -0.1) is 0 Å². The summed E-state index contributed by atoms with van der Waals surface area (Å²) in [5.41, 5.74) is 3.09. The Labute approximate surface area is 248 Å². The number of aromatic nitrogens is 1. The molecule has 0 fully saturated rings. The molecular formula is C33H42N4O5. The lowest BCUT2D eigenvalue weighted by Gasteiger charge is -2.24. The number of rotatable bonds is 17. The van der Waals surface area contributed by atoms with Crippen molar-refractivity contribution in [2.24, 2.45) is 0 Å². The van der Waals surface area contributed by atoms with E-state index in [2.05, 4.69) is 27.7 Å². The zero-order valence-corrected chi connectivity index (χ0v) is 24.4. The highest BCUT2D eigenvalue weighted by atomic mass is 16.5.